The van der Waals surface area contributed by atoms with Crippen LogP contribution in [0.2, 0.25) is 0 Å². The number of ether oxygens (including phenoxy) is 1. The van der Waals surface area contributed by atoms with Crippen LogP contribution >= 0.6 is 0 Å². The van der Waals surface area contributed by atoms with E-state index in [0.717, 1.165) is 23.3 Å². The lowest BCUT2D eigenvalue weighted by Gasteiger charge is -2.39. The number of carboxylic acid groups (broad SMARTS) is 1. The van der Waals surface area contributed by atoms with Crippen molar-refractivity contribution in [1.82, 2.24) is 0 Å². The van der Waals surface area contributed by atoms with E-state index in [1.165, 1.54) is 36.8 Å². The van der Waals surface area contributed by atoms with Crippen LogP contribution in [0.15, 0.2) is 36.4 Å². The first-order valence-electron chi connectivity index (χ1n) is 10.1. The third-order valence-electron chi connectivity index (χ3n) is 6.24. The van der Waals surface area contributed by atoms with E-state index in [2.05, 4.69) is 37.8 Å². The molecule has 0 atom stereocenters. The Balaban J connectivity index is 1.53. The Hall–Kier alpha value is -2.73. The second-order valence-electron chi connectivity index (χ2n) is 9.19. The number of aromatic carboxylic acids is 1. The molecule has 1 aliphatic heterocycles. The van der Waals surface area contributed by atoms with E-state index in [9.17, 15) is 4.79 Å². The monoisotopic (exact) mass is 372 g/mol. The van der Waals surface area contributed by atoms with E-state index in [0.29, 0.717) is 5.92 Å². The Labute approximate surface area is 165 Å². The van der Waals surface area contributed by atoms with E-state index in [-0.39, 0.29) is 16.6 Å². The van der Waals surface area contributed by atoms with Crippen molar-refractivity contribution in [2.45, 2.75) is 62.9 Å². The Bertz CT molecular complexity index is 1030. The summed E-state index contributed by atoms with van der Waals surface area (Å²) in [5.74, 6) is 7.32. The topological polar surface area (TPSA) is 46.5 Å². The summed E-state index contributed by atoms with van der Waals surface area (Å²) >= 11 is 0. The van der Waals surface area contributed by atoms with Gasteiger partial charge in [-0.2, -0.15) is 0 Å². The van der Waals surface area contributed by atoms with Crippen molar-refractivity contribution >= 4 is 5.97 Å². The van der Waals surface area contributed by atoms with Gasteiger partial charge in [-0.05, 0) is 85.4 Å². The van der Waals surface area contributed by atoms with Gasteiger partial charge >= 0.3 is 5.97 Å². The van der Waals surface area contributed by atoms with Crippen LogP contribution in [0, 0.1) is 11.8 Å². The maximum atomic E-state index is 11.0. The van der Waals surface area contributed by atoms with E-state index < -0.39 is 5.97 Å². The molecule has 3 aliphatic rings. The molecule has 0 amide bonds. The highest BCUT2D eigenvalue weighted by Crippen LogP contribution is 2.58. The third-order valence-corrected chi connectivity index (χ3v) is 6.24. The number of rotatable bonds is 2. The lowest BCUT2D eigenvalue weighted by molar-refractivity contribution is 0.0697. The average Bonchev–Trinajstić information content (AvgIpc) is 3.57. The molecule has 2 aromatic rings. The lowest BCUT2D eigenvalue weighted by atomic mass is 9.75. The zero-order chi connectivity index (χ0) is 19.5. The SMILES string of the molecule is CC1(C)CC2(CC2)Oc2c(C3CC3)cc(C#Cc3ccc(C(=O)O)cc3)cc21. The van der Waals surface area contributed by atoms with Crippen molar-refractivity contribution in [2.75, 3.05) is 0 Å². The van der Waals surface area contributed by atoms with Crippen LogP contribution in [0.4, 0.5) is 0 Å². The summed E-state index contributed by atoms with van der Waals surface area (Å²) < 4.78 is 6.55. The first-order valence-corrected chi connectivity index (χ1v) is 10.1. The van der Waals surface area contributed by atoms with Crippen molar-refractivity contribution < 1.29 is 14.6 Å². The van der Waals surface area contributed by atoms with Crippen LogP contribution in [-0.2, 0) is 5.41 Å². The molecule has 1 heterocycles. The molecule has 2 aromatic carbocycles. The Kier molecular flexibility index (Phi) is 3.65. The number of carboxylic acids is 1. The van der Waals surface area contributed by atoms with Gasteiger partial charge in [0.25, 0.3) is 0 Å². The van der Waals surface area contributed by atoms with Gasteiger partial charge in [0, 0.05) is 16.7 Å². The second kappa shape index (κ2) is 5.88. The highest BCUT2D eigenvalue weighted by atomic mass is 16.5. The van der Waals surface area contributed by atoms with Gasteiger partial charge in [0.05, 0.1) is 5.56 Å². The molecule has 3 nitrogen and oxygen atoms in total. The molecule has 1 spiro atoms. The fourth-order valence-corrected chi connectivity index (χ4v) is 4.45. The molecule has 3 heteroatoms. The van der Waals surface area contributed by atoms with Crippen molar-refractivity contribution in [3.63, 3.8) is 0 Å². The Morgan fingerprint density at radius 2 is 1.75 bits per heavy atom. The molecule has 0 unspecified atom stereocenters. The van der Waals surface area contributed by atoms with Crippen molar-refractivity contribution in [3.8, 4) is 17.6 Å². The number of benzene rings is 2. The second-order valence-corrected chi connectivity index (χ2v) is 9.19. The lowest BCUT2D eigenvalue weighted by Crippen LogP contribution is -2.36. The highest BCUT2D eigenvalue weighted by Gasteiger charge is 2.54. The van der Waals surface area contributed by atoms with Gasteiger partial charge in [-0.3, -0.25) is 0 Å². The third kappa shape index (κ3) is 3.07. The van der Waals surface area contributed by atoms with E-state index in [1.54, 1.807) is 24.3 Å². The number of hydrogen-bond donors (Lipinski definition) is 1. The normalized spacial score (nSPS) is 20.5. The van der Waals surface area contributed by atoms with Crippen LogP contribution in [0.1, 0.15) is 84.5 Å². The minimum atomic E-state index is -0.918. The van der Waals surface area contributed by atoms with E-state index in [4.69, 9.17) is 9.84 Å². The van der Waals surface area contributed by atoms with Crippen molar-refractivity contribution in [2.24, 2.45) is 0 Å². The van der Waals surface area contributed by atoms with Gasteiger partial charge in [0.2, 0.25) is 0 Å². The minimum absolute atomic E-state index is 0.0826. The van der Waals surface area contributed by atoms with E-state index >= 15 is 0 Å². The maximum absolute atomic E-state index is 11.0. The summed E-state index contributed by atoms with van der Waals surface area (Å²) in [4.78, 5) is 11.0. The van der Waals surface area contributed by atoms with Gasteiger partial charge in [-0.15, -0.1) is 0 Å². The van der Waals surface area contributed by atoms with Crippen LogP contribution < -0.4 is 4.74 Å². The molecule has 0 aromatic heterocycles. The van der Waals surface area contributed by atoms with Crippen LogP contribution in [-0.4, -0.2) is 16.7 Å². The van der Waals surface area contributed by atoms with Crippen LogP contribution in [0.3, 0.4) is 0 Å². The van der Waals surface area contributed by atoms with Gasteiger partial charge in [0.1, 0.15) is 11.4 Å². The molecule has 1 N–H and O–H groups in total. The molecule has 5 rings (SSSR count). The van der Waals surface area contributed by atoms with Gasteiger partial charge < -0.3 is 9.84 Å². The summed E-state index contributed by atoms with van der Waals surface area (Å²) in [5, 5.41) is 9.03. The number of hydrogen-bond acceptors (Lipinski definition) is 2. The summed E-state index contributed by atoms with van der Waals surface area (Å²) in [6.07, 6.45) is 5.89. The molecular weight excluding hydrogens is 348 g/mol. The van der Waals surface area contributed by atoms with Gasteiger partial charge in [0.15, 0.2) is 0 Å². The predicted molar refractivity (Wildman–Crippen MR) is 108 cm³/mol. The summed E-state index contributed by atoms with van der Waals surface area (Å²) in [5.41, 5.74) is 4.92. The Morgan fingerprint density at radius 1 is 1.07 bits per heavy atom. The summed E-state index contributed by atoms with van der Waals surface area (Å²) in [6.45, 7) is 4.65. The zero-order valence-corrected chi connectivity index (χ0v) is 16.3. The van der Waals surface area contributed by atoms with Gasteiger partial charge in [-0.1, -0.05) is 25.7 Å². The standard InChI is InChI=1S/C25H24O3/c1-24(2)15-25(11-12-25)28-22-20(18-9-10-18)13-17(14-21(22)24)4-3-16-5-7-19(8-6-16)23(26)27/h5-8,13-14,18H,9-12,15H2,1-2H3,(H,26,27). The largest absolute Gasteiger partial charge is 0.487 e. The first kappa shape index (κ1) is 17.4. The summed E-state index contributed by atoms with van der Waals surface area (Å²) in [6, 6.07) is 11.1. The molecule has 2 saturated carbocycles. The van der Waals surface area contributed by atoms with Crippen molar-refractivity contribution in [1.29, 1.82) is 0 Å². The zero-order valence-electron chi connectivity index (χ0n) is 16.3. The molecule has 142 valence electrons. The number of fused-ring (bicyclic) bond motifs is 1. The van der Waals surface area contributed by atoms with Crippen molar-refractivity contribution in [3.05, 3.63) is 64.2 Å². The molecule has 2 aliphatic carbocycles. The molecular formula is C25H24O3. The predicted octanol–water partition coefficient (Wildman–Crippen LogP) is 5.25. The van der Waals surface area contributed by atoms with E-state index in [1.807, 2.05) is 0 Å². The molecule has 0 saturated heterocycles. The fraction of sp³-hybridized carbons (Fsp3) is 0.400. The first-order chi connectivity index (χ1) is 13.4. The average molecular weight is 372 g/mol. The van der Waals surface area contributed by atoms with Crippen LogP contribution in [0.5, 0.6) is 5.75 Å². The molecule has 0 bridgehead atoms. The summed E-state index contributed by atoms with van der Waals surface area (Å²) in [7, 11) is 0. The minimum Gasteiger partial charge on any atom is -0.487 e. The quantitative estimate of drug-likeness (QED) is 0.732. The van der Waals surface area contributed by atoms with Crippen LogP contribution in [0.25, 0.3) is 0 Å². The maximum Gasteiger partial charge on any atom is 0.335 e. The van der Waals surface area contributed by atoms with Gasteiger partial charge in [-0.25, -0.2) is 4.79 Å². The number of carbonyl (C=O) groups is 1. The Morgan fingerprint density at radius 3 is 2.36 bits per heavy atom. The highest BCUT2D eigenvalue weighted by molar-refractivity contribution is 5.87. The smallest absolute Gasteiger partial charge is 0.335 e. The molecule has 2 fully saturated rings. The molecule has 0 radical (unpaired) electrons. The fourth-order valence-electron chi connectivity index (χ4n) is 4.45. The molecule has 28 heavy (non-hydrogen) atoms.